The second-order valence-corrected chi connectivity index (χ2v) is 6.15. The summed E-state index contributed by atoms with van der Waals surface area (Å²) in [5.74, 6) is 0. The Bertz CT molecular complexity index is 499. The SMILES string of the molecule is COCCO[SiH2]Cc1cccc(Cc2ccccc2)c1. The minimum absolute atomic E-state index is 0.474. The van der Waals surface area contributed by atoms with Crippen LogP contribution in [-0.2, 0) is 21.6 Å². The van der Waals surface area contributed by atoms with Crippen LogP contribution in [0.25, 0.3) is 0 Å². The van der Waals surface area contributed by atoms with Gasteiger partial charge in [-0.2, -0.15) is 0 Å². The molecule has 0 radical (unpaired) electrons. The number of hydrogen-bond acceptors (Lipinski definition) is 2. The fourth-order valence-electron chi connectivity index (χ4n) is 2.16. The van der Waals surface area contributed by atoms with E-state index in [4.69, 9.17) is 9.16 Å². The maximum Gasteiger partial charge on any atom is 0.165 e. The Labute approximate surface area is 123 Å². The molecule has 2 aromatic carbocycles. The summed E-state index contributed by atoms with van der Waals surface area (Å²) in [6.45, 7) is 1.42. The van der Waals surface area contributed by atoms with E-state index in [2.05, 4.69) is 54.6 Å². The van der Waals surface area contributed by atoms with Gasteiger partial charge in [0.15, 0.2) is 9.76 Å². The van der Waals surface area contributed by atoms with Gasteiger partial charge in [-0.3, -0.25) is 0 Å². The topological polar surface area (TPSA) is 18.5 Å². The van der Waals surface area contributed by atoms with Gasteiger partial charge in [0.05, 0.1) is 13.2 Å². The second kappa shape index (κ2) is 8.69. The van der Waals surface area contributed by atoms with Crippen molar-refractivity contribution in [1.29, 1.82) is 0 Å². The molecule has 0 amide bonds. The van der Waals surface area contributed by atoms with Crippen LogP contribution in [0, 0.1) is 0 Å². The monoisotopic (exact) mass is 286 g/mol. The van der Waals surface area contributed by atoms with Gasteiger partial charge in [-0.15, -0.1) is 0 Å². The fourth-order valence-corrected chi connectivity index (χ4v) is 3.17. The standard InChI is InChI=1S/C17H22O2Si/c1-18-10-11-19-20-14-17-9-5-8-16(13-17)12-15-6-3-2-4-7-15/h2-9,13H,10-12,14,20H2,1H3. The number of rotatable bonds is 8. The molecule has 2 nitrogen and oxygen atoms in total. The van der Waals surface area contributed by atoms with E-state index < -0.39 is 9.76 Å². The zero-order chi connectivity index (χ0) is 14.0. The third-order valence-corrected chi connectivity index (χ3v) is 4.57. The largest absolute Gasteiger partial charge is 0.421 e. The molecule has 2 rings (SSSR count). The minimum Gasteiger partial charge on any atom is -0.421 e. The van der Waals surface area contributed by atoms with Crippen LogP contribution in [0.1, 0.15) is 16.7 Å². The Morgan fingerprint density at radius 2 is 1.60 bits per heavy atom. The first kappa shape index (κ1) is 15.0. The highest BCUT2D eigenvalue weighted by Crippen LogP contribution is 2.11. The summed E-state index contributed by atoms with van der Waals surface area (Å²) in [5.41, 5.74) is 4.13. The molecule has 0 atom stereocenters. The van der Waals surface area contributed by atoms with E-state index in [-0.39, 0.29) is 0 Å². The van der Waals surface area contributed by atoms with Crippen LogP contribution in [-0.4, -0.2) is 30.1 Å². The van der Waals surface area contributed by atoms with Crippen molar-refractivity contribution in [2.45, 2.75) is 12.5 Å². The van der Waals surface area contributed by atoms with Crippen molar-refractivity contribution in [3.63, 3.8) is 0 Å². The quantitative estimate of drug-likeness (QED) is 0.548. The summed E-state index contributed by atoms with van der Waals surface area (Å²) in [5, 5.41) is 0. The van der Waals surface area contributed by atoms with E-state index >= 15 is 0 Å². The molecule has 0 fully saturated rings. The molecule has 0 heterocycles. The first-order valence-electron chi connectivity index (χ1n) is 7.07. The Balaban J connectivity index is 1.84. The van der Waals surface area contributed by atoms with Crippen molar-refractivity contribution in [2.75, 3.05) is 20.3 Å². The summed E-state index contributed by atoms with van der Waals surface area (Å²) in [6.07, 6.45) is 1.00. The lowest BCUT2D eigenvalue weighted by molar-refractivity contribution is 0.149. The molecule has 0 aliphatic carbocycles. The zero-order valence-corrected chi connectivity index (χ0v) is 13.5. The first-order valence-corrected chi connectivity index (χ1v) is 8.64. The van der Waals surface area contributed by atoms with Gasteiger partial charge in [0.1, 0.15) is 0 Å². The molecular formula is C17H22O2Si. The van der Waals surface area contributed by atoms with Crippen LogP contribution in [0.2, 0.25) is 0 Å². The third kappa shape index (κ3) is 5.29. The molecule has 0 bridgehead atoms. The summed E-state index contributed by atoms with van der Waals surface area (Å²) in [4.78, 5) is 0. The molecule has 20 heavy (non-hydrogen) atoms. The molecule has 0 spiro atoms. The first-order chi connectivity index (χ1) is 9.88. The predicted molar refractivity (Wildman–Crippen MR) is 85.8 cm³/mol. The number of methoxy groups -OCH3 is 1. The van der Waals surface area contributed by atoms with E-state index in [1.54, 1.807) is 7.11 Å². The van der Waals surface area contributed by atoms with Gasteiger partial charge in [-0.05, 0) is 29.2 Å². The zero-order valence-electron chi connectivity index (χ0n) is 12.0. The van der Waals surface area contributed by atoms with Gasteiger partial charge in [0.2, 0.25) is 0 Å². The fraction of sp³-hybridized carbons (Fsp3) is 0.294. The molecular weight excluding hydrogens is 264 g/mol. The molecule has 0 aromatic heterocycles. The van der Waals surface area contributed by atoms with Gasteiger partial charge in [-0.25, -0.2) is 0 Å². The molecule has 0 unspecified atom stereocenters. The van der Waals surface area contributed by atoms with Crippen molar-refractivity contribution < 1.29 is 9.16 Å². The van der Waals surface area contributed by atoms with Crippen molar-refractivity contribution in [3.8, 4) is 0 Å². The van der Waals surface area contributed by atoms with E-state index in [9.17, 15) is 0 Å². The van der Waals surface area contributed by atoms with Gasteiger partial charge < -0.3 is 9.16 Å². The predicted octanol–water partition coefficient (Wildman–Crippen LogP) is 2.52. The molecule has 106 valence electrons. The average Bonchev–Trinajstić information content (AvgIpc) is 2.48. The van der Waals surface area contributed by atoms with Gasteiger partial charge in [-0.1, -0.05) is 54.6 Å². The Kier molecular flexibility index (Phi) is 6.51. The van der Waals surface area contributed by atoms with Gasteiger partial charge in [0, 0.05) is 7.11 Å². The normalized spacial score (nSPS) is 11.2. The van der Waals surface area contributed by atoms with Crippen LogP contribution in [0.3, 0.4) is 0 Å². The van der Waals surface area contributed by atoms with Crippen molar-refractivity contribution >= 4 is 9.76 Å². The maximum absolute atomic E-state index is 5.65. The summed E-state index contributed by atoms with van der Waals surface area (Å²) in [6, 6.07) is 20.5. The lowest BCUT2D eigenvalue weighted by Crippen LogP contribution is -2.08. The van der Waals surface area contributed by atoms with Crippen molar-refractivity contribution in [2.24, 2.45) is 0 Å². The molecule has 0 N–H and O–H groups in total. The van der Waals surface area contributed by atoms with Crippen LogP contribution >= 0.6 is 0 Å². The van der Waals surface area contributed by atoms with Gasteiger partial charge >= 0.3 is 0 Å². The number of hydrogen-bond donors (Lipinski definition) is 0. The Morgan fingerprint density at radius 3 is 2.40 bits per heavy atom. The maximum atomic E-state index is 5.65. The third-order valence-electron chi connectivity index (χ3n) is 3.21. The smallest absolute Gasteiger partial charge is 0.165 e. The van der Waals surface area contributed by atoms with E-state index in [1.165, 1.54) is 16.7 Å². The molecule has 3 heteroatoms. The molecule has 0 aliphatic rings. The molecule has 2 aromatic rings. The number of benzene rings is 2. The highest BCUT2D eigenvalue weighted by molar-refractivity contribution is 6.26. The number of ether oxygens (including phenoxy) is 1. The molecule has 0 saturated heterocycles. The Morgan fingerprint density at radius 1 is 0.850 bits per heavy atom. The van der Waals surface area contributed by atoms with Crippen molar-refractivity contribution in [3.05, 3.63) is 71.3 Å². The van der Waals surface area contributed by atoms with E-state index in [1.807, 2.05) is 0 Å². The molecule has 0 saturated carbocycles. The summed E-state index contributed by atoms with van der Waals surface area (Å²) in [7, 11) is 1.23. The summed E-state index contributed by atoms with van der Waals surface area (Å²) < 4.78 is 10.6. The highest BCUT2D eigenvalue weighted by Gasteiger charge is 1.99. The van der Waals surface area contributed by atoms with Crippen molar-refractivity contribution in [1.82, 2.24) is 0 Å². The van der Waals surface area contributed by atoms with Gasteiger partial charge in [0.25, 0.3) is 0 Å². The lowest BCUT2D eigenvalue weighted by Gasteiger charge is -2.06. The molecule has 0 aliphatic heterocycles. The van der Waals surface area contributed by atoms with Crippen LogP contribution in [0.4, 0.5) is 0 Å². The minimum atomic E-state index is -0.474. The van der Waals surface area contributed by atoms with Crippen LogP contribution in [0.5, 0.6) is 0 Å². The lowest BCUT2D eigenvalue weighted by atomic mass is 10.0. The second-order valence-electron chi connectivity index (χ2n) is 4.84. The average molecular weight is 286 g/mol. The summed E-state index contributed by atoms with van der Waals surface area (Å²) >= 11 is 0. The van der Waals surface area contributed by atoms with Crippen LogP contribution < -0.4 is 0 Å². The van der Waals surface area contributed by atoms with E-state index in [0.717, 1.165) is 19.1 Å². The van der Waals surface area contributed by atoms with E-state index in [0.29, 0.717) is 6.61 Å². The Hall–Kier alpha value is -1.42. The highest BCUT2D eigenvalue weighted by atomic mass is 28.2. The van der Waals surface area contributed by atoms with Crippen LogP contribution in [0.15, 0.2) is 54.6 Å².